The third kappa shape index (κ3) is 4.32. The number of hydrogen-bond acceptors (Lipinski definition) is 4. The molecule has 1 aromatic carbocycles. The van der Waals surface area contributed by atoms with E-state index >= 15 is 0 Å². The first-order valence-electron chi connectivity index (χ1n) is 7.53. The maximum Gasteiger partial charge on any atom is 0.279 e. The summed E-state index contributed by atoms with van der Waals surface area (Å²) in [5.41, 5.74) is 5.74. The molecular weight excluding hydrogens is 331 g/mol. The number of hydrazine groups is 1. The molecule has 128 valence electrons. The van der Waals surface area contributed by atoms with Crippen LogP contribution in [0.4, 0.5) is 4.39 Å². The van der Waals surface area contributed by atoms with Crippen LogP contribution in [0.3, 0.4) is 0 Å². The van der Waals surface area contributed by atoms with Crippen LogP contribution in [0.5, 0.6) is 5.75 Å². The number of hydrogen-bond donors (Lipinski definition) is 2. The minimum atomic E-state index is -0.960. The SMILES string of the molecule is CCc1cc(C(=O)NNC(=O)[C@@H](C)Oc2ccccc2F)sc1C. The van der Waals surface area contributed by atoms with Gasteiger partial charge in [-0.15, -0.1) is 11.3 Å². The highest BCUT2D eigenvalue weighted by Gasteiger charge is 2.18. The lowest BCUT2D eigenvalue weighted by molar-refractivity contribution is -0.128. The van der Waals surface area contributed by atoms with E-state index in [9.17, 15) is 14.0 Å². The molecule has 2 aromatic rings. The number of nitrogens with one attached hydrogen (secondary N) is 2. The molecule has 0 radical (unpaired) electrons. The molecular formula is C17H19FN2O3S. The van der Waals surface area contributed by atoms with Crippen molar-refractivity contribution in [2.45, 2.75) is 33.3 Å². The standard InChI is InChI=1S/C17H19FN2O3S/c1-4-12-9-15(24-11(12)3)17(22)20-19-16(21)10(2)23-14-8-6-5-7-13(14)18/h5-10H,4H2,1-3H3,(H,19,21)(H,20,22)/t10-/m1/s1. The van der Waals surface area contributed by atoms with Crippen molar-refractivity contribution < 1.29 is 18.7 Å². The van der Waals surface area contributed by atoms with E-state index in [-0.39, 0.29) is 5.75 Å². The Morgan fingerprint density at radius 2 is 2.00 bits per heavy atom. The molecule has 2 rings (SSSR count). The molecule has 0 fully saturated rings. The minimum absolute atomic E-state index is 0.0204. The molecule has 1 atom stereocenters. The van der Waals surface area contributed by atoms with E-state index in [1.165, 1.54) is 36.5 Å². The summed E-state index contributed by atoms with van der Waals surface area (Å²) < 4.78 is 18.7. The predicted molar refractivity (Wildman–Crippen MR) is 90.5 cm³/mol. The maximum absolute atomic E-state index is 13.5. The van der Waals surface area contributed by atoms with Crippen molar-refractivity contribution in [3.8, 4) is 5.75 Å². The predicted octanol–water partition coefficient (Wildman–Crippen LogP) is 2.99. The Labute approximate surface area is 143 Å². The molecule has 0 aliphatic carbocycles. The number of aryl methyl sites for hydroxylation is 2. The lowest BCUT2D eigenvalue weighted by atomic mass is 10.2. The molecule has 5 nitrogen and oxygen atoms in total. The van der Waals surface area contributed by atoms with E-state index in [2.05, 4.69) is 10.9 Å². The van der Waals surface area contributed by atoms with Crippen molar-refractivity contribution in [3.63, 3.8) is 0 Å². The van der Waals surface area contributed by atoms with E-state index in [1.54, 1.807) is 12.1 Å². The number of amides is 2. The van der Waals surface area contributed by atoms with Gasteiger partial charge in [-0.1, -0.05) is 19.1 Å². The first-order chi connectivity index (χ1) is 11.4. The summed E-state index contributed by atoms with van der Waals surface area (Å²) in [6, 6.07) is 7.61. The molecule has 0 bridgehead atoms. The van der Waals surface area contributed by atoms with Gasteiger partial charge in [-0.05, 0) is 44.0 Å². The Morgan fingerprint density at radius 1 is 1.29 bits per heavy atom. The summed E-state index contributed by atoms with van der Waals surface area (Å²) in [6.07, 6.45) is -0.117. The maximum atomic E-state index is 13.5. The molecule has 2 amide bonds. The zero-order chi connectivity index (χ0) is 17.7. The second kappa shape index (κ2) is 7.92. The molecule has 0 unspecified atom stereocenters. The van der Waals surface area contributed by atoms with Gasteiger partial charge in [0.05, 0.1) is 4.88 Å². The summed E-state index contributed by atoms with van der Waals surface area (Å²) in [6.45, 7) is 5.43. The van der Waals surface area contributed by atoms with Gasteiger partial charge < -0.3 is 4.74 Å². The van der Waals surface area contributed by atoms with Gasteiger partial charge in [0, 0.05) is 4.88 Å². The summed E-state index contributed by atoms with van der Waals surface area (Å²) in [5.74, 6) is -1.54. The first kappa shape index (κ1) is 17.9. The van der Waals surface area contributed by atoms with Crippen LogP contribution in [-0.2, 0) is 11.2 Å². The van der Waals surface area contributed by atoms with Crippen molar-refractivity contribution in [3.05, 3.63) is 51.5 Å². The lowest BCUT2D eigenvalue weighted by Crippen LogP contribution is -2.47. The van der Waals surface area contributed by atoms with Crippen LogP contribution < -0.4 is 15.6 Å². The fourth-order valence-electron chi connectivity index (χ4n) is 2.05. The molecule has 1 aromatic heterocycles. The van der Waals surface area contributed by atoms with Gasteiger partial charge in [-0.2, -0.15) is 0 Å². The molecule has 2 N–H and O–H groups in total. The number of halogens is 1. The number of carbonyl (C=O) groups is 2. The monoisotopic (exact) mass is 350 g/mol. The number of benzene rings is 1. The normalized spacial score (nSPS) is 11.7. The number of carbonyl (C=O) groups excluding carboxylic acids is 2. The van der Waals surface area contributed by atoms with Crippen molar-refractivity contribution in [2.75, 3.05) is 0 Å². The van der Waals surface area contributed by atoms with Crippen molar-refractivity contribution in [1.82, 2.24) is 10.9 Å². The largest absolute Gasteiger partial charge is 0.478 e. The van der Waals surface area contributed by atoms with E-state index in [0.29, 0.717) is 4.88 Å². The van der Waals surface area contributed by atoms with Gasteiger partial charge in [0.1, 0.15) is 0 Å². The Hall–Kier alpha value is -2.41. The minimum Gasteiger partial charge on any atom is -0.478 e. The van der Waals surface area contributed by atoms with Crippen molar-refractivity contribution >= 4 is 23.2 Å². The first-order valence-corrected chi connectivity index (χ1v) is 8.34. The Kier molecular flexibility index (Phi) is 5.92. The molecule has 0 aliphatic heterocycles. The molecule has 24 heavy (non-hydrogen) atoms. The van der Waals surface area contributed by atoms with E-state index in [4.69, 9.17) is 4.74 Å². The van der Waals surface area contributed by atoms with Crippen LogP contribution in [0.1, 0.15) is 34.0 Å². The van der Waals surface area contributed by atoms with Crippen LogP contribution in [0.25, 0.3) is 0 Å². The van der Waals surface area contributed by atoms with Gasteiger partial charge in [0.25, 0.3) is 11.8 Å². The Morgan fingerprint density at radius 3 is 2.62 bits per heavy atom. The Bertz CT molecular complexity index is 745. The molecule has 0 spiro atoms. The zero-order valence-corrected chi connectivity index (χ0v) is 14.5. The van der Waals surface area contributed by atoms with Gasteiger partial charge in [-0.3, -0.25) is 20.4 Å². The summed E-state index contributed by atoms with van der Waals surface area (Å²) in [4.78, 5) is 25.6. The highest BCUT2D eigenvalue weighted by atomic mass is 32.1. The smallest absolute Gasteiger partial charge is 0.279 e. The van der Waals surface area contributed by atoms with Crippen LogP contribution in [0, 0.1) is 12.7 Å². The Balaban J connectivity index is 1.89. The van der Waals surface area contributed by atoms with Gasteiger partial charge in [0.2, 0.25) is 0 Å². The van der Waals surface area contributed by atoms with Crippen LogP contribution >= 0.6 is 11.3 Å². The average Bonchev–Trinajstić information content (AvgIpc) is 2.95. The number of ether oxygens (including phenoxy) is 1. The van der Waals surface area contributed by atoms with Gasteiger partial charge in [-0.25, -0.2) is 4.39 Å². The number of para-hydroxylation sites is 1. The average molecular weight is 350 g/mol. The number of rotatable bonds is 5. The summed E-state index contributed by atoms with van der Waals surface area (Å²) in [7, 11) is 0. The van der Waals surface area contributed by atoms with E-state index in [1.807, 2.05) is 13.8 Å². The molecule has 0 saturated carbocycles. The van der Waals surface area contributed by atoms with Crippen LogP contribution in [-0.4, -0.2) is 17.9 Å². The molecule has 7 heteroatoms. The van der Waals surface area contributed by atoms with Gasteiger partial charge >= 0.3 is 0 Å². The van der Waals surface area contributed by atoms with Gasteiger partial charge in [0.15, 0.2) is 17.7 Å². The highest BCUT2D eigenvalue weighted by molar-refractivity contribution is 7.14. The third-order valence-corrected chi connectivity index (χ3v) is 4.53. The quantitative estimate of drug-likeness (QED) is 0.815. The fourth-order valence-corrected chi connectivity index (χ4v) is 3.06. The summed E-state index contributed by atoms with van der Waals surface area (Å²) >= 11 is 1.37. The highest BCUT2D eigenvalue weighted by Crippen LogP contribution is 2.21. The fraction of sp³-hybridized carbons (Fsp3) is 0.294. The molecule has 0 saturated heterocycles. The molecule has 0 aliphatic rings. The number of thiophene rings is 1. The third-order valence-electron chi connectivity index (χ3n) is 3.43. The van der Waals surface area contributed by atoms with Crippen molar-refractivity contribution in [2.24, 2.45) is 0 Å². The van der Waals surface area contributed by atoms with E-state index in [0.717, 1.165) is 16.9 Å². The second-order valence-electron chi connectivity index (χ2n) is 5.18. The second-order valence-corrected chi connectivity index (χ2v) is 6.44. The van der Waals surface area contributed by atoms with E-state index < -0.39 is 23.7 Å². The van der Waals surface area contributed by atoms with Crippen LogP contribution in [0.15, 0.2) is 30.3 Å². The lowest BCUT2D eigenvalue weighted by Gasteiger charge is -2.15. The topological polar surface area (TPSA) is 67.4 Å². The zero-order valence-electron chi connectivity index (χ0n) is 13.7. The van der Waals surface area contributed by atoms with Crippen molar-refractivity contribution in [1.29, 1.82) is 0 Å². The summed E-state index contributed by atoms with van der Waals surface area (Å²) in [5, 5.41) is 0. The van der Waals surface area contributed by atoms with Crippen LogP contribution in [0.2, 0.25) is 0 Å². The molecule has 1 heterocycles.